The van der Waals surface area contributed by atoms with Gasteiger partial charge in [-0.15, -0.1) is 0 Å². The highest BCUT2D eigenvalue weighted by Crippen LogP contribution is 2.44. The second kappa shape index (κ2) is 6.50. The second-order valence-corrected chi connectivity index (χ2v) is 7.86. The number of amides is 1. The number of aliphatic hydroxyl groups is 1. The van der Waals surface area contributed by atoms with Gasteiger partial charge < -0.3 is 14.8 Å². The topological polar surface area (TPSA) is 75.4 Å². The maximum Gasteiger partial charge on any atom is 0.251 e. The Balaban J connectivity index is 1.29. The minimum absolute atomic E-state index is 0.0263. The minimum atomic E-state index is -0.141. The molecule has 0 saturated heterocycles. The smallest absolute Gasteiger partial charge is 0.251 e. The van der Waals surface area contributed by atoms with Crippen LogP contribution in [0.25, 0.3) is 22.2 Å². The highest BCUT2D eigenvalue weighted by molar-refractivity contribution is 5.96. The molecule has 3 aromatic rings. The summed E-state index contributed by atoms with van der Waals surface area (Å²) < 4.78 is 5.43. The van der Waals surface area contributed by atoms with E-state index in [4.69, 9.17) is 4.42 Å². The lowest BCUT2D eigenvalue weighted by atomic mass is 10.0. The number of hydrogen-bond donors (Lipinski definition) is 2. The Kier molecular flexibility index (Phi) is 3.97. The monoisotopic (exact) mass is 362 g/mol. The molecule has 2 aliphatic rings. The molecule has 2 aromatic heterocycles. The van der Waals surface area contributed by atoms with E-state index < -0.39 is 0 Å². The van der Waals surface area contributed by atoms with Crippen molar-refractivity contribution in [3.05, 3.63) is 54.4 Å². The first-order valence-electron chi connectivity index (χ1n) is 9.59. The van der Waals surface area contributed by atoms with Crippen molar-refractivity contribution in [3.63, 3.8) is 0 Å². The first-order chi connectivity index (χ1) is 13.2. The van der Waals surface area contributed by atoms with E-state index in [1.807, 2.05) is 36.4 Å². The molecule has 0 unspecified atom stereocenters. The molecule has 1 amide bonds. The Morgan fingerprint density at radius 2 is 1.78 bits per heavy atom. The van der Waals surface area contributed by atoms with Crippen LogP contribution in [0.2, 0.25) is 0 Å². The maximum absolute atomic E-state index is 12.6. The number of carbonyl (C=O) groups excluding carboxylic acids is 1. The summed E-state index contributed by atoms with van der Waals surface area (Å²) >= 11 is 0. The molecule has 5 rings (SSSR count). The summed E-state index contributed by atoms with van der Waals surface area (Å²) in [6.07, 6.45) is 6.99. The number of carbonyl (C=O) groups is 1. The molecule has 2 N–H and O–H groups in total. The second-order valence-electron chi connectivity index (χ2n) is 7.86. The summed E-state index contributed by atoms with van der Waals surface area (Å²) in [5, 5.41) is 13.9. The predicted octanol–water partition coefficient (Wildman–Crippen LogP) is 3.77. The third kappa shape index (κ3) is 3.02. The molecule has 0 bridgehead atoms. The summed E-state index contributed by atoms with van der Waals surface area (Å²) in [6, 6.07) is 11.5. The van der Waals surface area contributed by atoms with E-state index in [9.17, 15) is 9.90 Å². The van der Waals surface area contributed by atoms with Gasteiger partial charge in [0.2, 0.25) is 0 Å². The summed E-state index contributed by atoms with van der Waals surface area (Å²) in [5.41, 5.74) is 3.28. The number of pyridine rings is 1. The molecule has 5 nitrogen and oxygen atoms in total. The van der Waals surface area contributed by atoms with Crippen LogP contribution in [-0.2, 0) is 0 Å². The van der Waals surface area contributed by atoms with Gasteiger partial charge in [0.05, 0.1) is 18.1 Å². The van der Waals surface area contributed by atoms with Crippen molar-refractivity contribution in [2.75, 3.05) is 0 Å². The quantitative estimate of drug-likeness (QED) is 0.744. The number of benzene rings is 1. The van der Waals surface area contributed by atoms with Crippen LogP contribution in [-0.4, -0.2) is 28.1 Å². The third-order valence-corrected chi connectivity index (χ3v) is 6.13. The molecule has 1 aromatic carbocycles. The van der Waals surface area contributed by atoms with E-state index in [-0.39, 0.29) is 18.1 Å². The molecule has 2 saturated carbocycles. The number of rotatable bonds is 3. The van der Waals surface area contributed by atoms with Gasteiger partial charge in [-0.2, -0.15) is 0 Å². The van der Waals surface area contributed by atoms with Crippen LogP contribution in [0.3, 0.4) is 0 Å². The van der Waals surface area contributed by atoms with Crippen LogP contribution in [0.15, 0.2) is 53.3 Å². The van der Waals surface area contributed by atoms with Crippen molar-refractivity contribution >= 4 is 16.9 Å². The average molecular weight is 362 g/mol. The number of aliphatic hydroxyl groups excluding tert-OH is 1. The van der Waals surface area contributed by atoms with Gasteiger partial charge in [-0.1, -0.05) is 12.1 Å². The molecule has 2 fully saturated rings. The lowest BCUT2D eigenvalue weighted by molar-refractivity contribution is 0.0934. The molecule has 4 atom stereocenters. The third-order valence-electron chi connectivity index (χ3n) is 6.13. The number of fused-ring (bicyclic) bond motifs is 2. The average Bonchev–Trinajstić information content (AvgIpc) is 3.36. The van der Waals surface area contributed by atoms with Crippen molar-refractivity contribution in [1.82, 2.24) is 10.3 Å². The fraction of sp³-hybridized carbons (Fsp3) is 0.364. The van der Waals surface area contributed by atoms with E-state index >= 15 is 0 Å². The molecule has 27 heavy (non-hydrogen) atoms. The van der Waals surface area contributed by atoms with Gasteiger partial charge in [-0.25, -0.2) is 0 Å². The van der Waals surface area contributed by atoms with Crippen molar-refractivity contribution in [3.8, 4) is 11.3 Å². The number of hydrogen-bond acceptors (Lipinski definition) is 4. The lowest BCUT2D eigenvalue weighted by Crippen LogP contribution is -2.33. The van der Waals surface area contributed by atoms with E-state index in [1.54, 1.807) is 12.5 Å². The molecule has 0 radical (unpaired) electrons. The zero-order chi connectivity index (χ0) is 18.4. The van der Waals surface area contributed by atoms with Gasteiger partial charge in [0.15, 0.2) is 0 Å². The Hall–Kier alpha value is -2.66. The van der Waals surface area contributed by atoms with Crippen LogP contribution < -0.4 is 5.32 Å². The van der Waals surface area contributed by atoms with Crippen LogP contribution in [0.5, 0.6) is 0 Å². The fourth-order valence-electron chi connectivity index (χ4n) is 4.88. The van der Waals surface area contributed by atoms with Gasteiger partial charge in [0.25, 0.3) is 5.91 Å². The largest absolute Gasteiger partial charge is 0.464 e. The van der Waals surface area contributed by atoms with Crippen molar-refractivity contribution in [1.29, 1.82) is 0 Å². The summed E-state index contributed by atoms with van der Waals surface area (Å²) in [5.74, 6) is 1.10. The molecule has 0 aliphatic heterocycles. The molecule has 5 heteroatoms. The highest BCUT2D eigenvalue weighted by Gasteiger charge is 2.41. The number of nitrogens with zero attached hydrogens (tertiary/aromatic N) is 1. The van der Waals surface area contributed by atoms with E-state index in [0.717, 1.165) is 47.9 Å². The SMILES string of the molecule is O=C(N[C@@H]1C[C@H]2C[C@@H](O)C[C@H]2C1)c1ccc(-c2nccc3occc23)cc1. The van der Waals surface area contributed by atoms with Crippen molar-refractivity contribution < 1.29 is 14.3 Å². The van der Waals surface area contributed by atoms with Gasteiger partial charge in [0.1, 0.15) is 5.58 Å². The molecular weight excluding hydrogens is 340 g/mol. The van der Waals surface area contributed by atoms with E-state index in [0.29, 0.717) is 17.4 Å². The Morgan fingerprint density at radius 1 is 1.04 bits per heavy atom. The normalized spacial score (nSPS) is 27.0. The lowest BCUT2D eigenvalue weighted by Gasteiger charge is -2.15. The minimum Gasteiger partial charge on any atom is -0.464 e. The molecule has 2 heterocycles. The first kappa shape index (κ1) is 16.5. The molecular formula is C22H22N2O3. The zero-order valence-corrected chi connectivity index (χ0v) is 15.0. The summed E-state index contributed by atoms with van der Waals surface area (Å²) in [6.45, 7) is 0. The number of aromatic nitrogens is 1. The number of nitrogens with one attached hydrogen (secondary N) is 1. The van der Waals surface area contributed by atoms with E-state index in [1.165, 1.54) is 0 Å². The van der Waals surface area contributed by atoms with Crippen LogP contribution in [0.1, 0.15) is 36.0 Å². The molecule has 0 spiro atoms. The van der Waals surface area contributed by atoms with Crippen LogP contribution in [0, 0.1) is 11.8 Å². The van der Waals surface area contributed by atoms with Crippen LogP contribution in [0.4, 0.5) is 0 Å². The Morgan fingerprint density at radius 3 is 2.52 bits per heavy atom. The van der Waals surface area contributed by atoms with Gasteiger partial charge in [0, 0.05) is 28.8 Å². The Bertz CT molecular complexity index is 965. The summed E-state index contributed by atoms with van der Waals surface area (Å²) in [7, 11) is 0. The van der Waals surface area contributed by atoms with Gasteiger partial charge in [-0.05, 0) is 61.8 Å². The van der Waals surface area contributed by atoms with Gasteiger partial charge >= 0.3 is 0 Å². The first-order valence-corrected chi connectivity index (χ1v) is 9.59. The van der Waals surface area contributed by atoms with Crippen LogP contribution >= 0.6 is 0 Å². The predicted molar refractivity (Wildman–Crippen MR) is 102 cm³/mol. The number of furan rings is 1. The Labute approximate surface area is 157 Å². The molecule has 2 aliphatic carbocycles. The van der Waals surface area contributed by atoms with Crippen molar-refractivity contribution in [2.45, 2.75) is 37.8 Å². The fourth-order valence-corrected chi connectivity index (χ4v) is 4.88. The highest BCUT2D eigenvalue weighted by atomic mass is 16.3. The molecule has 138 valence electrons. The summed E-state index contributed by atoms with van der Waals surface area (Å²) in [4.78, 5) is 17.1. The standard InChI is InChI=1S/C22H22N2O3/c25-18-11-15-9-17(10-16(15)12-18)24-22(26)14-3-1-13(2-4-14)21-19-6-8-27-20(19)5-7-23-21/h1-8,15-18,25H,9-12H2,(H,24,26)/t15-,16+,17+,18+. The maximum atomic E-state index is 12.6. The zero-order valence-electron chi connectivity index (χ0n) is 15.0. The van der Waals surface area contributed by atoms with Gasteiger partial charge in [-0.3, -0.25) is 9.78 Å². The van der Waals surface area contributed by atoms with E-state index in [2.05, 4.69) is 10.3 Å². The van der Waals surface area contributed by atoms with Crippen molar-refractivity contribution in [2.24, 2.45) is 11.8 Å².